The minimum absolute atomic E-state index is 0.0656. The van der Waals surface area contributed by atoms with Crippen molar-refractivity contribution in [3.63, 3.8) is 0 Å². The molecule has 0 saturated carbocycles. The predicted molar refractivity (Wildman–Crippen MR) is 76.3 cm³/mol. The number of phenolic OH excluding ortho intramolecular Hbond substituents is 1. The molecule has 23 heavy (non-hydrogen) atoms. The van der Waals surface area contributed by atoms with E-state index in [1.54, 1.807) is 0 Å². The van der Waals surface area contributed by atoms with E-state index in [0.717, 1.165) is 0 Å². The number of hydrogen-bond donors (Lipinski definition) is 1. The Hall–Kier alpha value is -2.09. The van der Waals surface area contributed by atoms with Crippen LogP contribution in [0.5, 0.6) is 5.75 Å². The fraction of sp³-hybridized carbons (Fsp3) is 0.133. The molecule has 0 aliphatic carbocycles. The SMILES string of the molecule is Oc1cc(C(F)(F)F)c(C=S)c(C(F)(F)F)c1-c1ccccc1. The maximum atomic E-state index is 13.4. The summed E-state index contributed by atoms with van der Waals surface area (Å²) in [4.78, 5) is 0. The van der Waals surface area contributed by atoms with E-state index in [0.29, 0.717) is 5.37 Å². The van der Waals surface area contributed by atoms with Crippen molar-refractivity contribution in [2.75, 3.05) is 0 Å². The molecule has 2 rings (SSSR count). The van der Waals surface area contributed by atoms with Crippen LogP contribution in [0, 0.1) is 0 Å². The van der Waals surface area contributed by atoms with Gasteiger partial charge in [0.25, 0.3) is 0 Å². The van der Waals surface area contributed by atoms with Crippen LogP contribution in [0.25, 0.3) is 11.1 Å². The summed E-state index contributed by atoms with van der Waals surface area (Å²) in [6.07, 6.45) is -10.2. The average molecular weight is 350 g/mol. The van der Waals surface area contributed by atoms with Gasteiger partial charge in [-0.1, -0.05) is 42.5 Å². The number of benzene rings is 2. The Morgan fingerprint density at radius 2 is 1.48 bits per heavy atom. The van der Waals surface area contributed by atoms with Crippen LogP contribution in [-0.4, -0.2) is 10.5 Å². The number of hydrogen-bond acceptors (Lipinski definition) is 2. The molecule has 0 radical (unpaired) electrons. The molecular weight excluding hydrogens is 342 g/mol. The van der Waals surface area contributed by atoms with Gasteiger partial charge < -0.3 is 5.11 Å². The van der Waals surface area contributed by atoms with Crippen LogP contribution >= 0.6 is 12.2 Å². The predicted octanol–water partition coefficient (Wildman–Crippen LogP) is 5.44. The molecule has 0 aliphatic heterocycles. The van der Waals surface area contributed by atoms with Crippen molar-refractivity contribution < 1.29 is 31.4 Å². The maximum absolute atomic E-state index is 13.4. The minimum atomic E-state index is -5.13. The van der Waals surface area contributed by atoms with E-state index in [2.05, 4.69) is 12.2 Å². The average Bonchev–Trinajstić information content (AvgIpc) is 2.45. The summed E-state index contributed by atoms with van der Waals surface area (Å²) in [6.45, 7) is 0. The molecule has 0 unspecified atom stereocenters. The number of aromatic hydroxyl groups is 1. The summed E-state index contributed by atoms with van der Waals surface area (Å²) in [6, 6.07) is 7.11. The molecule has 0 saturated heterocycles. The third-order valence-electron chi connectivity index (χ3n) is 3.12. The minimum Gasteiger partial charge on any atom is -0.507 e. The molecule has 0 atom stereocenters. The maximum Gasteiger partial charge on any atom is 0.417 e. The highest BCUT2D eigenvalue weighted by Crippen LogP contribution is 2.47. The van der Waals surface area contributed by atoms with E-state index in [4.69, 9.17) is 0 Å². The molecule has 1 nitrogen and oxygen atoms in total. The van der Waals surface area contributed by atoms with Crippen LogP contribution in [0.15, 0.2) is 36.4 Å². The molecule has 0 aromatic heterocycles. The standard InChI is InChI=1S/C15H8F6OS/c16-14(17,18)10-6-11(22)12(8-4-2-1-3-5-8)13(9(10)7-23)15(19,20)21/h1-7,22H. The van der Waals surface area contributed by atoms with Crippen LogP contribution in [0.2, 0.25) is 0 Å². The Balaban J connectivity index is 2.97. The monoisotopic (exact) mass is 350 g/mol. The molecule has 0 aliphatic rings. The number of thiocarbonyl (C=S) groups is 1. The summed E-state index contributed by atoms with van der Waals surface area (Å²) in [5.41, 5.74) is -5.22. The highest BCUT2D eigenvalue weighted by Gasteiger charge is 2.43. The normalized spacial score (nSPS) is 12.3. The van der Waals surface area contributed by atoms with Gasteiger partial charge in [0.05, 0.1) is 11.1 Å². The Morgan fingerprint density at radius 1 is 0.913 bits per heavy atom. The van der Waals surface area contributed by atoms with E-state index in [1.165, 1.54) is 30.3 Å². The third-order valence-corrected chi connectivity index (χ3v) is 3.35. The second-order valence-corrected chi connectivity index (χ2v) is 4.82. The summed E-state index contributed by atoms with van der Waals surface area (Å²) in [5.74, 6) is -1.11. The molecule has 0 amide bonds. The van der Waals surface area contributed by atoms with Crippen molar-refractivity contribution in [3.8, 4) is 16.9 Å². The van der Waals surface area contributed by atoms with Gasteiger partial charge in [0.1, 0.15) is 5.75 Å². The van der Waals surface area contributed by atoms with Crippen molar-refractivity contribution in [2.24, 2.45) is 0 Å². The molecule has 2 aromatic rings. The second kappa shape index (κ2) is 5.84. The van der Waals surface area contributed by atoms with Gasteiger partial charge in [0, 0.05) is 16.5 Å². The van der Waals surface area contributed by atoms with Gasteiger partial charge in [-0.3, -0.25) is 0 Å². The number of rotatable bonds is 2. The first kappa shape index (κ1) is 17.3. The molecular formula is C15H8F6OS. The lowest BCUT2D eigenvalue weighted by molar-refractivity contribution is -0.143. The van der Waals surface area contributed by atoms with Crippen molar-refractivity contribution >= 4 is 17.6 Å². The van der Waals surface area contributed by atoms with Gasteiger partial charge >= 0.3 is 12.4 Å². The summed E-state index contributed by atoms with van der Waals surface area (Å²) in [7, 11) is 0. The lowest BCUT2D eigenvalue weighted by atomic mass is 9.91. The molecule has 0 spiro atoms. The van der Waals surface area contributed by atoms with E-state index in [-0.39, 0.29) is 11.6 Å². The van der Waals surface area contributed by atoms with E-state index < -0.39 is 40.4 Å². The van der Waals surface area contributed by atoms with Gasteiger partial charge in [-0.2, -0.15) is 26.3 Å². The van der Waals surface area contributed by atoms with Crippen molar-refractivity contribution in [3.05, 3.63) is 53.1 Å². The smallest absolute Gasteiger partial charge is 0.417 e. The van der Waals surface area contributed by atoms with Gasteiger partial charge in [-0.25, -0.2) is 0 Å². The summed E-state index contributed by atoms with van der Waals surface area (Å²) < 4.78 is 79.1. The van der Waals surface area contributed by atoms with Crippen molar-refractivity contribution in [1.82, 2.24) is 0 Å². The van der Waals surface area contributed by atoms with Crippen LogP contribution in [0.4, 0.5) is 26.3 Å². The molecule has 0 heterocycles. The Kier molecular flexibility index (Phi) is 4.39. The quantitative estimate of drug-likeness (QED) is 0.574. The molecule has 1 N–H and O–H groups in total. The van der Waals surface area contributed by atoms with Crippen LogP contribution in [0.1, 0.15) is 16.7 Å². The summed E-state index contributed by atoms with van der Waals surface area (Å²) in [5, 5.41) is 10.2. The Labute approximate surface area is 132 Å². The zero-order valence-electron chi connectivity index (χ0n) is 11.2. The van der Waals surface area contributed by atoms with Crippen molar-refractivity contribution in [2.45, 2.75) is 12.4 Å². The van der Waals surface area contributed by atoms with Crippen molar-refractivity contribution in [1.29, 1.82) is 0 Å². The highest BCUT2D eigenvalue weighted by atomic mass is 32.1. The first-order chi connectivity index (χ1) is 10.6. The third kappa shape index (κ3) is 3.31. The topological polar surface area (TPSA) is 20.2 Å². The molecule has 2 aromatic carbocycles. The molecule has 122 valence electrons. The number of halogens is 6. The molecule has 8 heteroatoms. The lowest BCUT2D eigenvalue weighted by Gasteiger charge is -2.21. The fourth-order valence-corrected chi connectivity index (χ4v) is 2.48. The van der Waals surface area contributed by atoms with Crippen LogP contribution in [0.3, 0.4) is 0 Å². The Bertz CT molecular complexity index is 734. The lowest BCUT2D eigenvalue weighted by Crippen LogP contribution is -2.17. The van der Waals surface area contributed by atoms with Gasteiger partial charge in [0.2, 0.25) is 0 Å². The van der Waals surface area contributed by atoms with E-state index >= 15 is 0 Å². The van der Waals surface area contributed by atoms with E-state index in [1.807, 2.05) is 0 Å². The first-order valence-corrected chi connectivity index (χ1v) is 6.59. The second-order valence-electron chi connectivity index (χ2n) is 4.59. The largest absolute Gasteiger partial charge is 0.507 e. The number of alkyl halides is 6. The van der Waals surface area contributed by atoms with Crippen LogP contribution in [-0.2, 0) is 12.4 Å². The van der Waals surface area contributed by atoms with Gasteiger partial charge in [-0.15, -0.1) is 0 Å². The van der Waals surface area contributed by atoms with Gasteiger partial charge in [-0.05, 0) is 11.6 Å². The first-order valence-electron chi connectivity index (χ1n) is 6.12. The van der Waals surface area contributed by atoms with E-state index in [9.17, 15) is 31.4 Å². The van der Waals surface area contributed by atoms with Crippen LogP contribution < -0.4 is 0 Å². The highest BCUT2D eigenvalue weighted by molar-refractivity contribution is 7.79. The molecule has 0 fully saturated rings. The number of phenols is 1. The Morgan fingerprint density at radius 3 is 1.91 bits per heavy atom. The fourth-order valence-electron chi connectivity index (χ4n) is 2.23. The summed E-state index contributed by atoms with van der Waals surface area (Å²) >= 11 is 4.38. The zero-order chi connectivity index (χ0) is 17.4. The van der Waals surface area contributed by atoms with Gasteiger partial charge in [0.15, 0.2) is 0 Å². The zero-order valence-corrected chi connectivity index (χ0v) is 12.0. The molecule has 0 bridgehead atoms.